The van der Waals surface area contributed by atoms with Gasteiger partial charge in [-0.1, -0.05) is 29.8 Å². The van der Waals surface area contributed by atoms with Crippen LogP contribution in [0.2, 0.25) is 5.02 Å². The molecule has 0 radical (unpaired) electrons. The molecule has 0 atom stereocenters. The Hall–Kier alpha value is -2.63. The van der Waals surface area contributed by atoms with Gasteiger partial charge in [0.25, 0.3) is 5.91 Å². The highest BCUT2D eigenvalue weighted by atomic mass is 35.5. The maximum absolute atomic E-state index is 12.8. The molecule has 150 valence electrons. The fraction of sp³-hybridized carbons (Fsp3) is 0.174. The second-order valence-corrected chi connectivity index (χ2v) is 7.44. The van der Waals surface area contributed by atoms with Crippen molar-refractivity contribution in [3.63, 3.8) is 0 Å². The molecule has 3 aromatic rings. The number of benzene rings is 3. The van der Waals surface area contributed by atoms with Gasteiger partial charge in [-0.25, -0.2) is 0 Å². The number of para-hydroxylation sites is 1. The lowest BCUT2D eigenvalue weighted by Gasteiger charge is -2.14. The number of thioether (sulfide) groups is 1. The van der Waals surface area contributed by atoms with Crippen LogP contribution in [-0.2, 0) is 6.61 Å². The minimum atomic E-state index is -0.182. The average molecular weight is 428 g/mol. The summed E-state index contributed by atoms with van der Waals surface area (Å²) in [4.78, 5) is 13.8. The highest BCUT2D eigenvalue weighted by Gasteiger charge is 2.13. The van der Waals surface area contributed by atoms with E-state index in [1.165, 1.54) is 0 Å². The van der Waals surface area contributed by atoms with Crippen LogP contribution in [0.25, 0.3) is 0 Å². The average Bonchev–Trinajstić information content (AvgIpc) is 2.73. The van der Waals surface area contributed by atoms with Gasteiger partial charge < -0.3 is 14.8 Å². The number of amides is 1. The molecule has 0 saturated carbocycles. The maximum Gasteiger partial charge on any atom is 0.255 e. The van der Waals surface area contributed by atoms with Crippen molar-refractivity contribution >= 4 is 35.0 Å². The van der Waals surface area contributed by atoms with E-state index in [4.69, 9.17) is 21.1 Å². The van der Waals surface area contributed by atoms with E-state index in [0.29, 0.717) is 28.7 Å². The fourth-order valence-electron chi connectivity index (χ4n) is 2.79. The summed E-state index contributed by atoms with van der Waals surface area (Å²) in [5.41, 5.74) is 2.11. The van der Waals surface area contributed by atoms with Crippen LogP contribution in [0, 0.1) is 0 Å². The van der Waals surface area contributed by atoms with E-state index in [2.05, 4.69) is 5.32 Å². The first kappa shape index (κ1) is 21.1. The van der Waals surface area contributed by atoms with E-state index < -0.39 is 0 Å². The second kappa shape index (κ2) is 10.2. The standard InChI is InChI=1S/C23H22ClNO3S/c1-3-27-21-12-11-16(23(26)25-20-9-4-5-10-22(20)29-2)13-17(21)15-28-19-8-6-7-18(24)14-19/h4-14H,3,15H2,1-2H3,(H,25,26). The van der Waals surface area contributed by atoms with E-state index >= 15 is 0 Å². The number of nitrogens with one attached hydrogen (secondary N) is 1. The predicted octanol–water partition coefficient (Wildman–Crippen LogP) is 6.29. The molecule has 0 saturated heterocycles. The summed E-state index contributed by atoms with van der Waals surface area (Å²) in [5.74, 6) is 1.16. The molecule has 0 aliphatic carbocycles. The number of hydrogen-bond acceptors (Lipinski definition) is 4. The Morgan fingerprint density at radius 3 is 2.62 bits per heavy atom. The van der Waals surface area contributed by atoms with Crippen LogP contribution in [0.1, 0.15) is 22.8 Å². The van der Waals surface area contributed by atoms with Gasteiger partial charge in [0.2, 0.25) is 0 Å². The van der Waals surface area contributed by atoms with Gasteiger partial charge in [-0.2, -0.15) is 0 Å². The zero-order valence-electron chi connectivity index (χ0n) is 16.3. The molecule has 0 aliphatic rings. The van der Waals surface area contributed by atoms with Crippen molar-refractivity contribution in [1.82, 2.24) is 0 Å². The minimum absolute atomic E-state index is 0.182. The maximum atomic E-state index is 12.8. The molecule has 0 heterocycles. The number of carbonyl (C=O) groups is 1. The van der Waals surface area contributed by atoms with Crippen LogP contribution in [0.15, 0.2) is 71.6 Å². The molecule has 3 rings (SSSR count). The zero-order valence-corrected chi connectivity index (χ0v) is 17.8. The molecule has 3 aromatic carbocycles. The molecule has 1 amide bonds. The van der Waals surface area contributed by atoms with Gasteiger partial charge in [0.15, 0.2) is 0 Å². The van der Waals surface area contributed by atoms with Gasteiger partial charge in [0, 0.05) is 21.0 Å². The highest BCUT2D eigenvalue weighted by Crippen LogP contribution is 2.27. The van der Waals surface area contributed by atoms with E-state index in [9.17, 15) is 4.79 Å². The van der Waals surface area contributed by atoms with Crippen LogP contribution < -0.4 is 14.8 Å². The molecule has 29 heavy (non-hydrogen) atoms. The SMILES string of the molecule is CCOc1ccc(C(=O)Nc2ccccc2SC)cc1COc1cccc(Cl)c1. The predicted molar refractivity (Wildman–Crippen MR) is 120 cm³/mol. The Morgan fingerprint density at radius 2 is 1.86 bits per heavy atom. The lowest BCUT2D eigenvalue weighted by Crippen LogP contribution is -2.13. The van der Waals surface area contributed by atoms with Crippen LogP contribution in [0.4, 0.5) is 5.69 Å². The van der Waals surface area contributed by atoms with E-state index in [-0.39, 0.29) is 12.5 Å². The molecule has 1 N–H and O–H groups in total. The van der Waals surface area contributed by atoms with Crippen LogP contribution in [0.3, 0.4) is 0 Å². The Labute approximate surface area is 180 Å². The highest BCUT2D eigenvalue weighted by molar-refractivity contribution is 7.98. The van der Waals surface area contributed by atoms with Crippen LogP contribution in [-0.4, -0.2) is 18.8 Å². The van der Waals surface area contributed by atoms with Gasteiger partial charge in [0.1, 0.15) is 18.1 Å². The minimum Gasteiger partial charge on any atom is -0.493 e. The number of carbonyl (C=O) groups excluding carboxylic acids is 1. The van der Waals surface area contributed by atoms with Crippen molar-refractivity contribution in [3.05, 3.63) is 82.9 Å². The monoisotopic (exact) mass is 427 g/mol. The second-order valence-electron chi connectivity index (χ2n) is 6.16. The van der Waals surface area contributed by atoms with Crippen LogP contribution in [0.5, 0.6) is 11.5 Å². The summed E-state index contributed by atoms with van der Waals surface area (Å²) in [6.07, 6.45) is 1.98. The largest absolute Gasteiger partial charge is 0.493 e. The number of rotatable bonds is 8. The molecule has 0 bridgehead atoms. The third-order valence-corrected chi connectivity index (χ3v) is 5.20. The Morgan fingerprint density at radius 1 is 1.03 bits per heavy atom. The first-order chi connectivity index (χ1) is 14.1. The summed E-state index contributed by atoms with van der Waals surface area (Å²) >= 11 is 7.60. The van der Waals surface area contributed by atoms with Crippen LogP contribution >= 0.6 is 23.4 Å². The van der Waals surface area contributed by atoms with Crippen molar-refractivity contribution in [2.75, 3.05) is 18.2 Å². The number of hydrogen-bond donors (Lipinski definition) is 1. The smallest absolute Gasteiger partial charge is 0.255 e. The first-order valence-electron chi connectivity index (χ1n) is 9.19. The lowest BCUT2D eigenvalue weighted by molar-refractivity contribution is 0.102. The quantitative estimate of drug-likeness (QED) is 0.429. The first-order valence-corrected chi connectivity index (χ1v) is 10.8. The molecule has 0 aromatic heterocycles. The fourth-order valence-corrected chi connectivity index (χ4v) is 3.52. The third kappa shape index (κ3) is 5.68. The molecule has 0 unspecified atom stereocenters. The Balaban J connectivity index is 1.80. The van der Waals surface area contributed by atoms with Crippen molar-refractivity contribution < 1.29 is 14.3 Å². The molecule has 0 spiro atoms. The van der Waals surface area contributed by atoms with Gasteiger partial charge in [-0.15, -0.1) is 11.8 Å². The summed E-state index contributed by atoms with van der Waals surface area (Å²) in [6, 6.07) is 20.3. The van der Waals surface area contributed by atoms with E-state index in [1.807, 2.05) is 49.6 Å². The topological polar surface area (TPSA) is 47.6 Å². The van der Waals surface area contributed by atoms with E-state index in [0.717, 1.165) is 16.1 Å². The van der Waals surface area contributed by atoms with Gasteiger partial charge in [0.05, 0.1) is 12.3 Å². The molecule has 4 nitrogen and oxygen atoms in total. The van der Waals surface area contributed by atoms with Crippen molar-refractivity contribution in [2.45, 2.75) is 18.4 Å². The van der Waals surface area contributed by atoms with E-state index in [1.54, 1.807) is 42.1 Å². The summed E-state index contributed by atoms with van der Waals surface area (Å²) in [7, 11) is 0. The van der Waals surface area contributed by atoms with Gasteiger partial charge in [-0.05, 0) is 61.7 Å². The van der Waals surface area contributed by atoms with Gasteiger partial charge in [-0.3, -0.25) is 4.79 Å². The number of anilines is 1. The van der Waals surface area contributed by atoms with Gasteiger partial charge >= 0.3 is 0 Å². The summed E-state index contributed by atoms with van der Waals surface area (Å²) < 4.78 is 11.5. The summed E-state index contributed by atoms with van der Waals surface area (Å²) in [6.45, 7) is 2.70. The lowest BCUT2D eigenvalue weighted by atomic mass is 10.1. The molecule has 6 heteroatoms. The molecule has 0 aliphatic heterocycles. The molecular weight excluding hydrogens is 406 g/mol. The zero-order chi connectivity index (χ0) is 20.6. The third-order valence-electron chi connectivity index (χ3n) is 4.17. The normalized spacial score (nSPS) is 10.4. The Kier molecular flexibility index (Phi) is 7.44. The number of halogens is 1. The van der Waals surface area contributed by atoms with Crippen molar-refractivity contribution in [2.24, 2.45) is 0 Å². The van der Waals surface area contributed by atoms with Crippen molar-refractivity contribution in [3.8, 4) is 11.5 Å². The summed E-state index contributed by atoms with van der Waals surface area (Å²) in [5, 5.41) is 3.58. The molecule has 0 fully saturated rings. The van der Waals surface area contributed by atoms with Crippen molar-refractivity contribution in [1.29, 1.82) is 0 Å². The Bertz CT molecular complexity index is 993. The molecular formula is C23H22ClNO3S. The number of ether oxygens (including phenoxy) is 2.